The molecule has 2 rings (SSSR count). The number of ketones is 1. The first-order valence-corrected chi connectivity index (χ1v) is 7.66. The summed E-state index contributed by atoms with van der Waals surface area (Å²) in [6.07, 6.45) is 0. The van der Waals surface area contributed by atoms with E-state index in [1.54, 1.807) is 42.5 Å². The van der Waals surface area contributed by atoms with Crippen LogP contribution in [0.4, 0.5) is 5.69 Å². The molecule has 0 atom stereocenters. The molecule has 0 aliphatic carbocycles. The molecule has 0 saturated carbocycles. The minimum absolute atomic E-state index is 0.00890. The zero-order chi connectivity index (χ0) is 16.7. The maximum absolute atomic E-state index is 11.8. The molecule has 0 bridgehead atoms. The van der Waals surface area contributed by atoms with Gasteiger partial charge in [0.1, 0.15) is 0 Å². The summed E-state index contributed by atoms with van der Waals surface area (Å²) in [5.74, 6) is -0.753. The van der Waals surface area contributed by atoms with Gasteiger partial charge in [0.2, 0.25) is 0 Å². The van der Waals surface area contributed by atoms with Crippen molar-refractivity contribution in [2.75, 3.05) is 12.4 Å². The minimum Gasteiger partial charge on any atom is -0.457 e. The molecule has 0 saturated heterocycles. The summed E-state index contributed by atoms with van der Waals surface area (Å²) in [7, 11) is 0. The molecule has 0 fully saturated rings. The van der Waals surface area contributed by atoms with Crippen molar-refractivity contribution in [3.05, 3.63) is 70.3 Å². The van der Waals surface area contributed by atoms with Gasteiger partial charge in [0, 0.05) is 22.6 Å². The van der Waals surface area contributed by atoms with Gasteiger partial charge in [0.15, 0.2) is 12.4 Å². The molecule has 0 aliphatic heterocycles. The van der Waals surface area contributed by atoms with Crippen molar-refractivity contribution >= 4 is 29.2 Å². The molecular weight excluding hydrogens is 318 g/mol. The molecule has 2 aromatic rings. The predicted octanol–water partition coefficient (Wildman–Crippen LogP) is 3.11. The van der Waals surface area contributed by atoms with Crippen molar-refractivity contribution in [2.24, 2.45) is 0 Å². The molecule has 0 aromatic heterocycles. The van der Waals surface area contributed by atoms with Crippen LogP contribution in [0.5, 0.6) is 0 Å². The summed E-state index contributed by atoms with van der Waals surface area (Å²) in [5.41, 5.74) is 0.480. The lowest BCUT2D eigenvalue weighted by atomic mass is 10.1. The van der Waals surface area contributed by atoms with Gasteiger partial charge >= 0.3 is 5.97 Å². The Balaban J connectivity index is 1.77. The van der Waals surface area contributed by atoms with Crippen LogP contribution in [-0.4, -0.2) is 29.0 Å². The van der Waals surface area contributed by atoms with Crippen LogP contribution in [0.1, 0.15) is 10.4 Å². The standard InChI is InChI=1S/C16H13NO5S/c18-15(12-4-2-1-3-5-12)10-22-16(19)11-23-14-8-6-13(7-9-14)17(20)21/h1-9H,10-11H2. The smallest absolute Gasteiger partial charge is 0.316 e. The van der Waals surface area contributed by atoms with Crippen LogP contribution in [0.3, 0.4) is 0 Å². The Morgan fingerprint density at radius 1 is 1.04 bits per heavy atom. The quantitative estimate of drug-likeness (QED) is 0.255. The molecule has 0 amide bonds. The molecule has 0 heterocycles. The highest BCUT2D eigenvalue weighted by Crippen LogP contribution is 2.21. The Morgan fingerprint density at radius 3 is 2.30 bits per heavy atom. The van der Waals surface area contributed by atoms with Crippen molar-refractivity contribution in [1.82, 2.24) is 0 Å². The second-order valence-electron chi connectivity index (χ2n) is 4.49. The summed E-state index contributed by atoms with van der Waals surface area (Å²) >= 11 is 1.19. The number of Topliss-reactive ketones (excluding diaryl/α,β-unsaturated/α-hetero) is 1. The van der Waals surface area contributed by atoms with Gasteiger partial charge in [-0.1, -0.05) is 30.3 Å². The first-order valence-electron chi connectivity index (χ1n) is 6.67. The van der Waals surface area contributed by atoms with E-state index >= 15 is 0 Å². The average molecular weight is 331 g/mol. The molecular formula is C16H13NO5S. The number of ether oxygens (including phenoxy) is 1. The van der Waals surface area contributed by atoms with Crippen molar-refractivity contribution in [2.45, 2.75) is 4.90 Å². The van der Waals surface area contributed by atoms with E-state index in [0.29, 0.717) is 10.5 Å². The van der Waals surface area contributed by atoms with Gasteiger partial charge in [-0.05, 0) is 12.1 Å². The van der Waals surface area contributed by atoms with E-state index in [4.69, 9.17) is 4.74 Å². The first kappa shape index (κ1) is 16.7. The maximum atomic E-state index is 11.8. The number of hydrogen-bond donors (Lipinski definition) is 0. The van der Waals surface area contributed by atoms with Gasteiger partial charge in [0.25, 0.3) is 5.69 Å². The number of nitro benzene ring substituents is 1. The maximum Gasteiger partial charge on any atom is 0.316 e. The van der Waals surface area contributed by atoms with E-state index in [1.807, 2.05) is 0 Å². The molecule has 2 aromatic carbocycles. The molecule has 118 valence electrons. The van der Waals surface area contributed by atoms with Gasteiger partial charge in [-0.2, -0.15) is 0 Å². The number of non-ortho nitro benzene ring substituents is 1. The summed E-state index contributed by atoms with van der Waals surface area (Å²) < 4.78 is 4.92. The Kier molecular flexibility index (Phi) is 5.87. The van der Waals surface area contributed by atoms with E-state index in [-0.39, 0.29) is 23.8 Å². The zero-order valence-electron chi connectivity index (χ0n) is 12.0. The molecule has 0 unspecified atom stereocenters. The van der Waals surface area contributed by atoms with Gasteiger partial charge in [-0.3, -0.25) is 19.7 Å². The summed E-state index contributed by atoms with van der Waals surface area (Å²) in [4.78, 5) is 34.2. The van der Waals surface area contributed by atoms with Crippen molar-refractivity contribution in [3.8, 4) is 0 Å². The lowest BCUT2D eigenvalue weighted by molar-refractivity contribution is -0.384. The monoisotopic (exact) mass is 331 g/mol. The molecule has 23 heavy (non-hydrogen) atoms. The third-order valence-electron chi connectivity index (χ3n) is 2.86. The Bertz CT molecular complexity index is 700. The summed E-state index contributed by atoms with van der Waals surface area (Å²) in [6, 6.07) is 14.4. The SMILES string of the molecule is O=C(CSc1ccc([N+](=O)[O-])cc1)OCC(=O)c1ccccc1. The lowest BCUT2D eigenvalue weighted by Gasteiger charge is -2.04. The second kappa shape index (κ2) is 8.09. The van der Waals surface area contributed by atoms with E-state index in [0.717, 1.165) is 0 Å². The number of hydrogen-bond acceptors (Lipinski definition) is 6. The van der Waals surface area contributed by atoms with Crippen LogP contribution in [0.2, 0.25) is 0 Å². The molecule has 0 spiro atoms. The number of rotatable bonds is 7. The second-order valence-corrected chi connectivity index (χ2v) is 5.54. The topological polar surface area (TPSA) is 86.5 Å². The van der Waals surface area contributed by atoms with Gasteiger partial charge < -0.3 is 4.74 Å². The van der Waals surface area contributed by atoms with Crippen molar-refractivity contribution in [1.29, 1.82) is 0 Å². The number of nitro groups is 1. The van der Waals surface area contributed by atoms with Crippen LogP contribution in [0.15, 0.2) is 59.5 Å². The van der Waals surface area contributed by atoms with Gasteiger partial charge in [-0.25, -0.2) is 0 Å². The number of carbonyl (C=O) groups excluding carboxylic acids is 2. The number of thioether (sulfide) groups is 1. The van der Waals surface area contributed by atoms with E-state index in [2.05, 4.69) is 0 Å². The van der Waals surface area contributed by atoms with Crippen LogP contribution < -0.4 is 0 Å². The number of benzene rings is 2. The summed E-state index contributed by atoms with van der Waals surface area (Å²) in [6.45, 7) is -0.302. The minimum atomic E-state index is -0.516. The van der Waals surface area contributed by atoms with Crippen molar-refractivity contribution < 1.29 is 19.2 Å². The Labute approximate surface area is 136 Å². The van der Waals surface area contributed by atoms with Crippen LogP contribution >= 0.6 is 11.8 Å². The molecule has 0 N–H and O–H groups in total. The third-order valence-corrected chi connectivity index (χ3v) is 3.85. The third kappa shape index (κ3) is 5.23. The normalized spacial score (nSPS) is 10.1. The van der Waals surface area contributed by atoms with E-state index in [9.17, 15) is 19.7 Å². The largest absolute Gasteiger partial charge is 0.457 e. The average Bonchev–Trinajstić information content (AvgIpc) is 2.59. The van der Waals surface area contributed by atoms with Crippen LogP contribution in [-0.2, 0) is 9.53 Å². The summed E-state index contributed by atoms with van der Waals surface area (Å²) in [5, 5.41) is 10.5. The Hall–Kier alpha value is -2.67. The van der Waals surface area contributed by atoms with Crippen molar-refractivity contribution in [3.63, 3.8) is 0 Å². The predicted molar refractivity (Wildman–Crippen MR) is 85.6 cm³/mol. The first-order chi connectivity index (χ1) is 11.1. The fourth-order valence-corrected chi connectivity index (χ4v) is 2.40. The highest BCUT2D eigenvalue weighted by molar-refractivity contribution is 8.00. The van der Waals surface area contributed by atoms with E-state index < -0.39 is 10.9 Å². The number of nitrogens with zero attached hydrogens (tertiary/aromatic N) is 1. The molecule has 0 aliphatic rings. The van der Waals surface area contributed by atoms with Crippen LogP contribution in [0, 0.1) is 10.1 Å². The fourth-order valence-electron chi connectivity index (χ4n) is 1.70. The number of carbonyl (C=O) groups is 2. The molecule has 7 heteroatoms. The Morgan fingerprint density at radius 2 is 1.70 bits per heavy atom. The highest BCUT2D eigenvalue weighted by Gasteiger charge is 2.10. The fraction of sp³-hybridized carbons (Fsp3) is 0.125. The molecule has 6 nitrogen and oxygen atoms in total. The van der Waals surface area contributed by atoms with Gasteiger partial charge in [0.05, 0.1) is 10.7 Å². The van der Waals surface area contributed by atoms with Crippen LogP contribution in [0.25, 0.3) is 0 Å². The van der Waals surface area contributed by atoms with E-state index in [1.165, 1.54) is 23.9 Å². The molecule has 0 radical (unpaired) electrons. The lowest BCUT2D eigenvalue weighted by Crippen LogP contribution is -2.15. The highest BCUT2D eigenvalue weighted by atomic mass is 32.2. The zero-order valence-corrected chi connectivity index (χ0v) is 12.8. The number of esters is 1. The van der Waals surface area contributed by atoms with Gasteiger partial charge in [-0.15, -0.1) is 11.8 Å².